The van der Waals surface area contributed by atoms with Crippen LogP contribution in [0.5, 0.6) is 5.75 Å². The molecule has 0 spiro atoms. The Bertz CT molecular complexity index is 888. The van der Waals surface area contributed by atoms with Gasteiger partial charge >= 0.3 is 5.97 Å². The van der Waals surface area contributed by atoms with Crippen LogP contribution in [0.4, 0.5) is 5.69 Å². The van der Waals surface area contributed by atoms with Crippen LogP contribution in [0.3, 0.4) is 0 Å². The smallest absolute Gasteiger partial charge is 0.338 e. The number of carbonyl (C=O) groups is 2. The fourth-order valence-corrected chi connectivity index (χ4v) is 4.05. The molecule has 0 aliphatic carbocycles. The number of rotatable bonds is 4. The maximum absolute atomic E-state index is 12.5. The molecule has 25 heavy (non-hydrogen) atoms. The van der Waals surface area contributed by atoms with E-state index in [0.717, 1.165) is 10.9 Å². The second-order valence-electron chi connectivity index (χ2n) is 5.08. The predicted octanol–water partition coefficient (Wildman–Crippen LogP) is 3.78. The van der Waals surface area contributed by atoms with Crippen molar-refractivity contribution in [2.45, 2.75) is 6.92 Å². The van der Waals surface area contributed by atoms with Crippen LogP contribution in [-0.4, -0.2) is 38.7 Å². The molecule has 128 valence electrons. The van der Waals surface area contributed by atoms with E-state index < -0.39 is 5.97 Å². The Labute approximate surface area is 152 Å². The standard InChI is InChI=1S/C17H14N2O4S2/c1-2-19-15(21)14(9-11-4-3-7-24-11)25-17(19)18-13-6-5-10(20)8-12(13)16(22)23/h3-9,20H,2H2,1H3,(H,22,23)/b14-9-,18-17?. The van der Waals surface area contributed by atoms with Crippen molar-refractivity contribution in [2.24, 2.45) is 4.99 Å². The number of hydrogen-bond acceptors (Lipinski definition) is 6. The minimum absolute atomic E-state index is 0.118. The van der Waals surface area contributed by atoms with E-state index in [4.69, 9.17) is 0 Å². The predicted molar refractivity (Wildman–Crippen MR) is 99.4 cm³/mol. The van der Waals surface area contributed by atoms with Crippen LogP contribution < -0.4 is 0 Å². The summed E-state index contributed by atoms with van der Waals surface area (Å²) in [6, 6.07) is 7.75. The molecule has 1 amide bonds. The maximum Gasteiger partial charge on any atom is 0.338 e. The molecular weight excluding hydrogens is 360 g/mol. The van der Waals surface area contributed by atoms with Gasteiger partial charge in [-0.15, -0.1) is 11.3 Å². The molecule has 2 heterocycles. The van der Waals surface area contributed by atoms with Crippen molar-refractivity contribution < 1.29 is 19.8 Å². The Balaban J connectivity index is 2.00. The molecule has 3 rings (SSSR count). The number of nitrogens with zero attached hydrogens (tertiary/aromatic N) is 2. The summed E-state index contributed by atoms with van der Waals surface area (Å²) in [6.45, 7) is 2.25. The first-order valence-corrected chi connectivity index (χ1v) is 9.09. The van der Waals surface area contributed by atoms with Crippen LogP contribution in [0, 0.1) is 0 Å². The molecule has 2 aromatic rings. The van der Waals surface area contributed by atoms with E-state index in [1.807, 2.05) is 24.4 Å². The SMILES string of the molecule is CCN1C(=O)/C(=C/c2cccs2)SC1=Nc1ccc(O)cc1C(=O)O. The number of carboxylic acid groups (broad SMARTS) is 1. The average molecular weight is 374 g/mol. The number of phenolic OH excluding ortho intramolecular Hbond substituents is 1. The highest BCUT2D eigenvalue weighted by Gasteiger charge is 2.32. The minimum atomic E-state index is -1.19. The van der Waals surface area contributed by atoms with E-state index in [1.54, 1.807) is 6.08 Å². The van der Waals surface area contributed by atoms with E-state index in [0.29, 0.717) is 16.6 Å². The number of phenols is 1. The highest BCUT2D eigenvalue weighted by atomic mass is 32.2. The number of thiophene rings is 1. The second-order valence-corrected chi connectivity index (χ2v) is 7.06. The molecular formula is C17H14N2O4S2. The first kappa shape index (κ1) is 17.2. The number of amides is 1. The zero-order chi connectivity index (χ0) is 18.0. The molecule has 0 unspecified atom stereocenters. The molecule has 0 bridgehead atoms. The molecule has 1 aromatic heterocycles. The second kappa shape index (κ2) is 7.12. The summed E-state index contributed by atoms with van der Waals surface area (Å²) >= 11 is 2.74. The van der Waals surface area contributed by atoms with Gasteiger partial charge in [0.1, 0.15) is 5.75 Å². The van der Waals surface area contributed by atoms with E-state index in [2.05, 4.69) is 4.99 Å². The number of thioether (sulfide) groups is 1. The summed E-state index contributed by atoms with van der Waals surface area (Å²) in [5.41, 5.74) is 0.0729. The number of carbonyl (C=O) groups excluding carboxylic acids is 1. The first-order valence-electron chi connectivity index (χ1n) is 7.39. The Hall–Kier alpha value is -2.58. The number of likely N-dealkylation sites (N-methyl/N-ethyl adjacent to an activating group) is 1. The van der Waals surface area contributed by atoms with Crippen molar-refractivity contribution in [2.75, 3.05) is 6.54 Å². The summed E-state index contributed by atoms with van der Waals surface area (Å²) < 4.78 is 0. The quantitative estimate of drug-likeness (QED) is 0.795. The third-order valence-corrected chi connectivity index (χ3v) is 5.27. The lowest BCUT2D eigenvalue weighted by Crippen LogP contribution is -2.28. The molecule has 1 saturated heterocycles. The normalized spacial score (nSPS) is 17.6. The van der Waals surface area contributed by atoms with Gasteiger partial charge in [-0.05, 0) is 54.4 Å². The van der Waals surface area contributed by atoms with Crippen LogP contribution in [0.2, 0.25) is 0 Å². The highest BCUT2D eigenvalue weighted by molar-refractivity contribution is 8.18. The van der Waals surface area contributed by atoms with Crippen LogP contribution in [0.1, 0.15) is 22.2 Å². The van der Waals surface area contributed by atoms with Gasteiger partial charge < -0.3 is 10.2 Å². The van der Waals surface area contributed by atoms with Gasteiger partial charge in [0, 0.05) is 11.4 Å². The van der Waals surface area contributed by atoms with Crippen molar-refractivity contribution in [3.8, 4) is 5.75 Å². The van der Waals surface area contributed by atoms with Gasteiger partial charge in [0.15, 0.2) is 5.17 Å². The Morgan fingerprint density at radius 2 is 2.16 bits per heavy atom. The van der Waals surface area contributed by atoms with Crippen LogP contribution in [0.25, 0.3) is 6.08 Å². The van der Waals surface area contributed by atoms with Crippen LogP contribution in [-0.2, 0) is 4.79 Å². The van der Waals surface area contributed by atoms with Crippen molar-refractivity contribution in [1.82, 2.24) is 4.90 Å². The van der Waals surface area contributed by atoms with Crippen molar-refractivity contribution in [1.29, 1.82) is 0 Å². The molecule has 1 aromatic carbocycles. The lowest BCUT2D eigenvalue weighted by atomic mass is 10.2. The number of amidine groups is 1. The largest absolute Gasteiger partial charge is 0.508 e. The maximum atomic E-state index is 12.5. The van der Waals surface area contributed by atoms with Gasteiger partial charge in [-0.1, -0.05) is 6.07 Å². The highest BCUT2D eigenvalue weighted by Crippen LogP contribution is 2.35. The van der Waals surface area contributed by atoms with Gasteiger partial charge in [-0.3, -0.25) is 9.69 Å². The first-order chi connectivity index (χ1) is 12.0. The molecule has 1 aliphatic heterocycles. The number of aromatic carboxylic acids is 1. The third-order valence-electron chi connectivity index (χ3n) is 3.45. The lowest BCUT2D eigenvalue weighted by Gasteiger charge is -2.12. The fraction of sp³-hybridized carbons (Fsp3) is 0.118. The van der Waals surface area contributed by atoms with Crippen LogP contribution >= 0.6 is 23.1 Å². The topological polar surface area (TPSA) is 90.2 Å². The summed E-state index contributed by atoms with van der Waals surface area (Å²) in [5.74, 6) is -1.50. The van der Waals surface area contributed by atoms with Gasteiger partial charge in [0.2, 0.25) is 0 Å². The van der Waals surface area contributed by atoms with Gasteiger partial charge in [-0.25, -0.2) is 9.79 Å². The fourth-order valence-electron chi connectivity index (χ4n) is 2.27. The van der Waals surface area contributed by atoms with Gasteiger partial charge in [0.05, 0.1) is 16.2 Å². The Kier molecular flexibility index (Phi) is 4.91. The van der Waals surface area contributed by atoms with Crippen molar-refractivity contribution in [3.63, 3.8) is 0 Å². The lowest BCUT2D eigenvalue weighted by molar-refractivity contribution is -0.122. The van der Waals surface area contributed by atoms with Crippen LogP contribution in [0.15, 0.2) is 45.6 Å². The number of aliphatic imine (C=N–C) groups is 1. The number of benzene rings is 1. The summed E-state index contributed by atoms with van der Waals surface area (Å²) in [4.78, 5) is 31.3. The summed E-state index contributed by atoms with van der Waals surface area (Å²) in [7, 11) is 0. The summed E-state index contributed by atoms with van der Waals surface area (Å²) in [5, 5.41) is 21.1. The van der Waals surface area contributed by atoms with Crippen molar-refractivity contribution in [3.05, 3.63) is 51.1 Å². The molecule has 0 atom stereocenters. The zero-order valence-electron chi connectivity index (χ0n) is 13.2. The van der Waals surface area contributed by atoms with Gasteiger partial charge in [-0.2, -0.15) is 0 Å². The monoisotopic (exact) mass is 374 g/mol. The number of aromatic hydroxyl groups is 1. The number of hydrogen-bond donors (Lipinski definition) is 2. The molecule has 2 N–H and O–H groups in total. The van der Waals surface area contributed by atoms with E-state index in [1.165, 1.54) is 40.1 Å². The minimum Gasteiger partial charge on any atom is -0.508 e. The van der Waals surface area contributed by atoms with E-state index in [9.17, 15) is 19.8 Å². The molecule has 0 saturated carbocycles. The average Bonchev–Trinajstić information content (AvgIpc) is 3.18. The van der Waals surface area contributed by atoms with Crippen molar-refractivity contribution >= 4 is 51.9 Å². The third kappa shape index (κ3) is 3.59. The van der Waals surface area contributed by atoms with E-state index in [-0.39, 0.29) is 22.9 Å². The zero-order valence-corrected chi connectivity index (χ0v) is 14.8. The summed E-state index contributed by atoms with van der Waals surface area (Å²) in [6.07, 6.45) is 1.80. The van der Waals surface area contributed by atoms with E-state index >= 15 is 0 Å². The molecule has 1 aliphatic rings. The Morgan fingerprint density at radius 1 is 1.36 bits per heavy atom. The molecule has 0 radical (unpaired) electrons. The Morgan fingerprint density at radius 3 is 2.80 bits per heavy atom. The molecule has 8 heteroatoms. The number of carboxylic acids is 1. The molecule has 1 fully saturated rings. The van der Waals surface area contributed by atoms with Gasteiger partial charge in [0.25, 0.3) is 5.91 Å². The molecule has 6 nitrogen and oxygen atoms in total.